The molecule has 2 aliphatic carbocycles. The fourth-order valence-corrected chi connectivity index (χ4v) is 4.95. The van der Waals surface area contributed by atoms with E-state index in [1.54, 1.807) is 0 Å². The molecule has 1 atom stereocenters. The zero-order valence-electron chi connectivity index (χ0n) is 14.3. The van der Waals surface area contributed by atoms with Crippen molar-refractivity contribution in [2.45, 2.75) is 62.6 Å². The predicted molar refractivity (Wildman–Crippen MR) is 105 cm³/mol. The molecule has 1 aromatic rings. The number of halogens is 1. The van der Waals surface area contributed by atoms with Crippen LogP contribution in [-0.2, 0) is 0 Å². The summed E-state index contributed by atoms with van der Waals surface area (Å²) in [5, 5.41) is 0. The van der Waals surface area contributed by atoms with E-state index in [0.29, 0.717) is 0 Å². The molecule has 0 aliphatic heterocycles. The lowest BCUT2D eigenvalue weighted by atomic mass is 9.72. The summed E-state index contributed by atoms with van der Waals surface area (Å²) in [5.41, 5.74) is 2.71. The van der Waals surface area contributed by atoms with Crippen LogP contribution in [0.1, 0.15) is 63.9 Å². The van der Waals surface area contributed by atoms with Crippen LogP contribution in [0.15, 0.2) is 48.6 Å². The third-order valence-corrected chi connectivity index (χ3v) is 7.01. The molecule has 0 saturated heterocycles. The minimum Gasteiger partial charge on any atom is -0.0801 e. The van der Waals surface area contributed by atoms with Gasteiger partial charge in [0.05, 0.1) is 4.32 Å². The summed E-state index contributed by atoms with van der Waals surface area (Å²) in [6.45, 7) is 2.31. The molecule has 1 aromatic carbocycles. The SMILES string of the molecule is CCCCC1CCC(C2(Br)C=CC(c3ccccc3)=CC2)CC1. The Kier molecular flexibility index (Phi) is 5.80. The van der Waals surface area contributed by atoms with E-state index in [2.05, 4.69) is 71.4 Å². The summed E-state index contributed by atoms with van der Waals surface area (Å²) in [6, 6.07) is 10.7. The Morgan fingerprint density at radius 3 is 2.43 bits per heavy atom. The van der Waals surface area contributed by atoms with Gasteiger partial charge in [0.1, 0.15) is 0 Å². The lowest BCUT2D eigenvalue weighted by Crippen LogP contribution is -2.33. The van der Waals surface area contributed by atoms with Crippen molar-refractivity contribution in [3.8, 4) is 0 Å². The van der Waals surface area contributed by atoms with Crippen molar-refractivity contribution in [2.75, 3.05) is 0 Å². The first-order valence-electron chi connectivity index (χ1n) is 9.35. The molecule has 124 valence electrons. The average molecular weight is 373 g/mol. The third-order valence-electron chi connectivity index (χ3n) is 5.77. The van der Waals surface area contributed by atoms with E-state index in [-0.39, 0.29) is 4.32 Å². The number of alkyl halides is 1. The second-order valence-electron chi connectivity index (χ2n) is 7.35. The van der Waals surface area contributed by atoms with Crippen LogP contribution in [-0.4, -0.2) is 4.32 Å². The minimum atomic E-state index is 0.195. The number of benzene rings is 1. The number of unbranched alkanes of at least 4 members (excludes halogenated alkanes) is 1. The van der Waals surface area contributed by atoms with Crippen molar-refractivity contribution in [2.24, 2.45) is 11.8 Å². The van der Waals surface area contributed by atoms with Gasteiger partial charge in [0, 0.05) is 0 Å². The van der Waals surface area contributed by atoms with E-state index in [1.807, 2.05) is 0 Å². The number of rotatable bonds is 5. The molecule has 0 bridgehead atoms. The van der Waals surface area contributed by atoms with E-state index in [4.69, 9.17) is 0 Å². The molecule has 1 saturated carbocycles. The van der Waals surface area contributed by atoms with Crippen molar-refractivity contribution in [1.82, 2.24) is 0 Å². The molecular formula is C22H29Br. The standard InChI is InChI=1S/C22H29Br/c1-2-3-7-18-10-12-21(13-11-18)22(23)16-14-20(15-17-22)19-8-5-4-6-9-19/h4-6,8-9,14-16,18,21H,2-3,7,10-13,17H2,1H3. The van der Waals surface area contributed by atoms with E-state index < -0.39 is 0 Å². The summed E-state index contributed by atoms with van der Waals surface area (Å²) < 4.78 is 0.195. The third kappa shape index (κ3) is 4.18. The van der Waals surface area contributed by atoms with E-state index in [0.717, 1.165) is 18.3 Å². The normalized spacial score (nSPS) is 31.0. The minimum absolute atomic E-state index is 0.195. The maximum Gasteiger partial charge on any atom is 0.0502 e. The summed E-state index contributed by atoms with van der Waals surface area (Å²) >= 11 is 4.10. The zero-order chi connectivity index (χ0) is 16.1. The topological polar surface area (TPSA) is 0 Å². The van der Waals surface area contributed by atoms with Crippen molar-refractivity contribution in [1.29, 1.82) is 0 Å². The Labute approximate surface area is 150 Å². The van der Waals surface area contributed by atoms with Gasteiger partial charge in [0.25, 0.3) is 0 Å². The van der Waals surface area contributed by atoms with Crippen LogP contribution in [0.3, 0.4) is 0 Å². The lowest BCUT2D eigenvalue weighted by Gasteiger charge is -2.39. The van der Waals surface area contributed by atoms with Gasteiger partial charge in [-0.3, -0.25) is 0 Å². The Balaban J connectivity index is 1.58. The van der Waals surface area contributed by atoms with E-state index in [9.17, 15) is 0 Å². The first-order chi connectivity index (χ1) is 11.2. The lowest BCUT2D eigenvalue weighted by molar-refractivity contribution is 0.236. The molecule has 23 heavy (non-hydrogen) atoms. The molecule has 2 aliphatic rings. The zero-order valence-corrected chi connectivity index (χ0v) is 15.9. The van der Waals surface area contributed by atoms with Gasteiger partial charge >= 0.3 is 0 Å². The van der Waals surface area contributed by atoms with Crippen molar-refractivity contribution in [3.63, 3.8) is 0 Å². The van der Waals surface area contributed by atoms with Gasteiger partial charge in [0.2, 0.25) is 0 Å². The van der Waals surface area contributed by atoms with Gasteiger partial charge in [-0.05, 0) is 42.2 Å². The molecule has 1 heteroatoms. The monoisotopic (exact) mass is 372 g/mol. The van der Waals surface area contributed by atoms with Gasteiger partial charge in [-0.2, -0.15) is 0 Å². The van der Waals surface area contributed by atoms with Gasteiger partial charge in [-0.1, -0.05) is 104 Å². The quantitative estimate of drug-likeness (QED) is 0.480. The highest BCUT2D eigenvalue weighted by molar-refractivity contribution is 9.10. The predicted octanol–water partition coefficient (Wildman–Crippen LogP) is 7.16. The van der Waals surface area contributed by atoms with Crippen molar-refractivity contribution in [3.05, 3.63) is 54.1 Å². The molecule has 0 amide bonds. The smallest absolute Gasteiger partial charge is 0.0502 e. The van der Waals surface area contributed by atoms with Crippen LogP contribution in [0.4, 0.5) is 0 Å². The second-order valence-corrected chi connectivity index (χ2v) is 8.83. The van der Waals surface area contributed by atoms with Crippen molar-refractivity contribution >= 4 is 21.5 Å². The largest absolute Gasteiger partial charge is 0.0801 e. The highest BCUT2D eigenvalue weighted by Gasteiger charge is 2.36. The summed E-state index contributed by atoms with van der Waals surface area (Å²) in [4.78, 5) is 0. The van der Waals surface area contributed by atoms with Crippen LogP contribution >= 0.6 is 15.9 Å². The number of allylic oxidation sites excluding steroid dienone is 4. The first-order valence-corrected chi connectivity index (χ1v) is 10.1. The molecule has 3 rings (SSSR count). The van der Waals surface area contributed by atoms with Gasteiger partial charge in [-0.25, -0.2) is 0 Å². The maximum absolute atomic E-state index is 4.10. The molecular weight excluding hydrogens is 344 g/mol. The van der Waals surface area contributed by atoms with E-state index >= 15 is 0 Å². The number of hydrogen-bond donors (Lipinski definition) is 0. The molecule has 0 spiro atoms. The maximum atomic E-state index is 4.10. The fraction of sp³-hybridized carbons (Fsp3) is 0.545. The van der Waals surface area contributed by atoms with Crippen LogP contribution in [0.5, 0.6) is 0 Å². The molecule has 0 radical (unpaired) electrons. The van der Waals surface area contributed by atoms with Gasteiger partial charge in [0.15, 0.2) is 0 Å². The Morgan fingerprint density at radius 2 is 1.83 bits per heavy atom. The van der Waals surface area contributed by atoms with Crippen LogP contribution < -0.4 is 0 Å². The second kappa shape index (κ2) is 7.83. The van der Waals surface area contributed by atoms with Crippen molar-refractivity contribution < 1.29 is 0 Å². The summed E-state index contributed by atoms with van der Waals surface area (Å²) in [6.07, 6.45) is 18.2. The first kappa shape index (κ1) is 17.0. The van der Waals surface area contributed by atoms with Gasteiger partial charge in [-0.15, -0.1) is 0 Å². The average Bonchev–Trinajstić information content (AvgIpc) is 2.62. The fourth-order valence-electron chi connectivity index (χ4n) is 4.20. The van der Waals surface area contributed by atoms with Crippen LogP contribution in [0.25, 0.3) is 5.57 Å². The van der Waals surface area contributed by atoms with Crippen LogP contribution in [0, 0.1) is 11.8 Å². The van der Waals surface area contributed by atoms with E-state index in [1.165, 1.54) is 56.1 Å². The Bertz CT molecular complexity index is 549. The Morgan fingerprint density at radius 1 is 1.09 bits per heavy atom. The molecule has 1 fully saturated rings. The molecule has 1 unspecified atom stereocenters. The summed E-state index contributed by atoms with van der Waals surface area (Å²) in [5.74, 6) is 1.79. The molecule has 0 aromatic heterocycles. The Hall–Kier alpha value is -0.820. The molecule has 0 heterocycles. The summed E-state index contributed by atoms with van der Waals surface area (Å²) in [7, 11) is 0. The number of hydrogen-bond acceptors (Lipinski definition) is 0. The molecule has 0 nitrogen and oxygen atoms in total. The highest BCUT2D eigenvalue weighted by atomic mass is 79.9. The molecule has 0 N–H and O–H groups in total. The van der Waals surface area contributed by atoms with Crippen LogP contribution in [0.2, 0.25) is 0 Å². The highest BCUT2D eigenvalue weighted by Crippen LogP contribution is 2.46. The van der Waals surface area contributed by atoms with Gasteiger partial charge < -0.3 is 0 Å².